The fraction of sp³-hybridized carbons (Fsp3) is 0.500. The largest absolute Gasteiger partial charge is 0.348 e. The highest BCUT2D eigenvalue weighted by Gasteiger charge is 2.04. The lowest BCUT2D eigenvalue weighted by atomic mass is 10.5. The van der Waals surface area contributed by atoms with E-state index in [1.54, 1.807) is 12.5 Å². The molecule has 0 saturated carbocycles. The van der Waals surface area contributed by atoms with E-state index in [1.165, 1.54) is 0 Å². The molecule has 0 saturated heterocycles. The Morgan fingerprint density at radius 2 is 2.06 bits per heavy atom. The van der Waals surface area contributed by atoms with Crippen LogP contribution in [0, 0.1) is 0 Å². The zero-order valence-electron chi connectivity index (χ0n) is 9.59. The standard InChI is InChI=1S/C10H16N6/c1-3-15-6-5-11-10(15)12-7-9-14-13-8-16(9)4-2/h5-6,8H,3-4,7H2,1-2H3,(H,11,12). The van der Waals surface area contributed by atoms with Gasteiger partial charge in [0.05, 0.1) is 6.54 Å². The number of anilines is 1. The van der Waals surface area contributed by atoms with E-state index in [-0.39, 0.29) is 0 Å². The fourth-order valence-corrected chi connectivity index (χ4v) is 1.57. The Bertz CT molecular complexity index is 401. The molecule has 0 amide bonds. The van der Waals surface area contributed by atoms with Crippen LogP contribution < -0.4 is 5.32 Å². The molecule has 0 bridgehead atoms. The summed E-state index contributed by atoms with van der Waals surface area (Å²) >= 11 is 0. The molecule has 2 heterocycles. The molecule has 16 heavy (non-hydrogen) atoms. The molecule has 0 radical (unpaired) electrons. The smallest absolute Gasteiger partial charge is 0.203 e. The van der Waals surface area contributed by atoms with Crippen molar-refractivity contribution in [2.45, 2.75) is 33.5 Å². The highest BCUT2D eigenvalue weighted by atomic mass is 15.3. The van der Waals surface area contributed by atoms with E-state index in [2.05, 4.69) is 34.3 Å². The molecule has 0 aliphatic carbocycles. The summed E-state index contributed by atoms with van der Waals surface area (Å²) in [5.41, 5.74) is 0. The van der Waals surface area contributed by atoms with Gasteiger partial charge in [-0.3, -0.25) is 0 Å². The highest BCUT2D eigenvalue weighted by molar-refractivity contribution is 5.25. The molecular weight excluding hydrogens is 204 g/mol. The molecule has 0 unspecified atom stereocenters. The van der Waals surface area contributed by atoms with Gasteiger partial charge in [0.1, 0.15) is 6.33 Å². The minimum Gasteiger partial charge on any atom is -0.348 e. The van der Waals surface area contributed by atoms with E-state index in [4.69, 9.17) is 0 Å². The van der Waals surface area contributed by atoms with Gasteiger partial charge in [0.2, 0.25) is 5.95 Å². The SMILES string of the molecule is CCn1cnnc1CNc1nccn1CC. The van der Waals surface area contributed by atoms with Gasteiger partial charge >= 0.3 is 0 Å². The van der Waals surface area contributed by atoms with Crippen molar-refractivity contribution in [3.05, 3.63) is 24.5 Å². The van der Waals surface area contributed by atoms with Gasteiger partial charge in [0, 0.05) is 25.5 Å². The van der Waals surface area contributed by atoms with Crippen molar-refractivity contribution in [2.24, 2.45) is 0 Å². The Kier molecular flexibility index (Phi) is 3.19. The number of hydrogen-bond donors (Lipinski definition) is 1. The predicted molar refractivity (Wildman–Crippen MR) is 60.9 cm³/mol. The van der Waals surface area contributed by atoms with Crippen LogP contribution in [-0.2, 0) is 19.6 Å². The summed E-state index contributed by atoms with van der Waals surface area (Å²) in [4.78, 5) is 4.24. The zero-order chi connectivity index (χ0) is 11.4. The zero-order valence-corrected chi connectivity index (χ0v) is 9.59. The third-order valence-electron chi connectivity index (χ3n) is 2.50. The first-order chi connectivity index (χ1) is 7.85. The van der Waals surface area contributed by atoms with E-state index in [9.17, 15) is 0 Å². The van der Waals surface area contributed by atoms with Crippen LogP contribution >= 0.6 is 0 Å². The molecule has 86 valence electrons. The lowest BCUT2D eigenvalue weighted by molar-refractivity contribution is 0.700. The molecule has 0 aliphatic rings. The van der Waals surface area contributed by atoms with Gasteiger partial charge in [-0.25, -0.2) is 4.98 Å². The number of aromatic nitrogens is 5. The van der Waals surface area contributed by atoms with Crippen molar-refractivity contribution < 1.29 is 0 Å². The topological polar surface area (TPSA) is 60.6 Å². The number of nitrogens with one attached hydrogen (secondary N) is 1. The summed E-state index contributed by atoms with van der Waals surface area (Å²) in [6.07, 6.45) is 5.48. The van der Waals surface area contributed by atoms with Gasteiger partial charge in [-0.2, -0.15) is 0 Å². The third kappa shape index (κ3) is 2.05. The molecule has 2 aromatic heterocycles. The van der Waals surface area contributed by atoms with Crippen LogP contribution in [-0.4, -0.2) is 24.3 Å². The van der Waals surface area contributed by atoms with Crippen LogP contribution in [0.15, 0.2) is 18.7 Å². The molecular formula is C10H16N6. The summed E-state index contributed by atoms with van der Waals surface area (Å²) < 4.78 is 4.05. The van der Waals surface area contributed by atoms with Gasteiger partial charge in [-0.15, -0.1) is 10.2 Å². The molecule has 0 spiro atoms. The maximum Gasteiger partial charge on any atom is 0.203 e. The summed E-state index contributed by atoms with van der Waals surface area (Å²) in [6, 6.07) is 0. The lowest BCUT2D eigenvalue weighted by Crippen LogP contribution is -2.10. The molecule has 2 rings (SSSR count). The fourth-order valence-electron chi connectivity index (χ4n) is 1.57. The number of nitrogens with zero attached hydrogens (tertiary/aromatic N) is 5. The van der Waals surface area contributed by atoms with Gasteiger partial charge in [0.15, 0.2) is 5.82 Å². The van der Waals surface area contributed by atoms with Gasteiger partial charge in [0.25, 0.3) is 0 Å². The second-order valence-electron chi connectivity index (χ2n) is 3.42. The van der Waals surface area contributed by atoms with E-state index >= 15 is 0 Å². The number of imidazole rings is 1. The summed E-state index contributed by atoms with van der Waals surface area (Å²) in [7, 11) is 0. The monoisotopic (exact) mass is 220 g/mol. The highest BCUT2D eigenvalue weighted by Crippen LogP contribution is 2.05. The first kappa shape index (κ1) is 10.7. The number of aryl methyl sites for hydroxylation is 2. The molecule has 1 N–H and O–H groups in total. The molecule has 0 aliphatic heterocycles. The number of hydrogen-bond acceptors (Lipinski definition) is 4. The van der Waals surface area contributed by atoms with Gasteiger partial charge in [-0.1, -0.05) is 0 Å². The van der Waals surface area contributed by atoms with Crippen molar-refractivity contribution in [1.29, 1.82) is 0 Å². The van der Waals surface area contributed by atoms with Crippen LogP contribution in [0.25, 0.3) is 0 Å². The van der Waals surface area contributed by atoms with Gasteiger partial charge < -0.3 is 14.5 Å². The van der Waals surface area contributed by atoms with Crippen molar-refractivity contribution in [2.75, 3.05) is 5.32 Å². The molecule has 0 atom stereocenters. The van der Waals surface area contributed by atoms with Crippen LogP contribution in [0.5, 0.6) is 0 Å². The van der Waals surface area contributed by atoms with Gasteiger partial charge in [-0.05, 0) is 13.8 Å². The maximum absolute atomic E-state index is 4.24. The van der Waals surface area contributed by atoms with Crippen LogP contribution in [0.3, 0.4) is 0 Å². The minimum atomic E-state index is 0.644. The normalized spacial score (nSPS) is 10.6. The van der Waals surface area contributed by atoms with E-state index in [0.717, 1.165) is 24.9 Å². The Morgan fingerprint density at radius 1 is 1.25 bits per heavy atom. The third-order valence-corrected chi connectivity index (χ3v) is 2.50. The molecule has 0 fully saturated rings. The van der Waals surface area contributed by atoms with Crippen molar-refractivity contribution in [3.63, 3.8) is 0 Å². The molecule has 6 heteroatoms. The van der Waals surface area contributed by atoms with Crippen molar-refractivity contribution in [3.8, 4) is 0 Å². The summed E-state index contributed by atoms with van der Waals surface area (Å²) in [5, 5.41) is 11.2. The Labute approximate surface area is 94.3 Å². The van der Waals surface area contributed by atoms with Crippen molar-refractivity contribution >= 4 is 5.95 Å². The predicted octanol–water partition coefficient (Wildman–Crippen LogP) is 1.13. The maximum atomic E-state index is 4.24. The average molecular weight is 220 g/mol. The first-order valence-electron chi connectivity index (χ1n) is 5.46. The Morgan fingerprint density at radius 3 is 2.81 bits per heavy atom. The summed E-state index contributed by atoms with van der Waals surface area (Å²) in [6.45, 7) is 6.58. The van der Waals surface area contributed by atoms with E-state index in [0.29, 0.717) is 6.54 Å². The molecule has 0 aromatic carbocycles. The van der Waals surface area contributed by atoms with E-state index in [1.807, 2.05) is 15.3 Å². The molecule has 6 nitrogen and oxygen atoms in total. The van der Waals surface area contributed by atoms with Crippen LogP contribution in [0.4, 0.5) is 5.95 Å². The molecule has 2 aromatic rings. The van der Waals surface area contributed by atoms with E-state index < -0.39 is 0 Å². The minimum absolute atomic E-state index is 0.644. The van der Waals surface area contributed by atoms with Crippen LogP contribution in [0.1, 0.15) is 19.7 Å². The quantitative estimate of drug-likeness (QED) is 0.820. The number of rotatable bonds is 5. The second kappa shape index (κ2) is 4.78. The first-order valence-corrected chi connectivity index (χ1v) is 5.46. The van der Waals surface area contributed by atoms with Crippen LogP contribution in [0.2, 0.25) is 0 Å². The lowest BCUT2D eigenvalue weighted by Gasteiger charge is -2.07. The average Bonchev–Trinajstić information content (AvgIpc) is 2.94. The van der Waals surface area contributed by atoms with Crippen molar-refractivity contribution in [1.82, 2.24) is 24.3 Å². The second-order valence-corrected chi connectivity index (χ2v) is 3.42. The Hall–Kier alpha value is -1.85. The summed E-state index contributed by atoms with van der Waals surface area (Å²) in [5.74, 6) is 1.79. The Balaban J connectivity index is 2.02.